The number of sulfonamides is 1. The van der Waals surface area contributed by atoms with Gasteiger partial charge in [0.25, 0.3) is 5.69 Å². The van der Waals surface area contributed by atoms with Gasteiger partial charge >= 0.3 is 0 Å². The molecule has 144 valence electrons. The summed E-state index contributed by atoms with van der Waals surface area (Å²) in [7, 11) is -3.96. The molecule has 1 aliphatic heterocycles. The van der Waals surface area contributed by atoms with E-state index in [2.05, 4.69) is 21.8 Å². The van der Waals surface area contributed by atoms with Crippen LogP contribution in [0.5, 0.6) is 0 Å². The molecule has 1 atom stereocenters. The molecule has 0 spiro atoms. The van der Waals surface area contributed by atoms with Crippen molar-refractivity contribution in [3.05, 3.63) is 69.8 Å². The first-order valence-electron chi connectivity index (χ1n) is 8.96. The molecule has 0 amide bonds. The van der Waals surface area contributed by atoms with Crippen molar-refractivity contribution in [2.75, 3.05) is 13.1 Å². The van der Waals surface area contributed by atoms with Gasteiger partial charge in [0.1, 0.15) is 0 Å². The molecular formula is C19H23N3O4S. The lowest BCUT2D eigenvalue weighted by molar-refractivity contribution is -0.387. The van der Waals surface area contributed by atoms with Crippen LogP contribution in [-0.2, 0) is 23.0 Å². The number of benzene rings is 2. The van der Waals surface area contributed by atoms with Gasteiger partial charge in [-0.1, -0.05) is 43.3 Å². The van der Waals surface area contributed by atoms with Crippen LogP contribution < -0.4 is 4.72 Å². The van der Waals surface area contributed by atoms with Gasteiger partial charge < -0.3 is 0 Å². The Hall–Kier alpha value is -2.29. The van der Waals surface area contributed by atoms with Crippen LogP contribution in [0.2, 0.25) is 0 Å². The number of rotatable bonds is 7. The number of hydrogen-bond donors (Lipinski definition) is 1. The summed E-state index contributed by atoms with van der Waals surface area (Å²) in [6, 6.07) is 13.7. The second-order valence-corrected chi connectivity index (χ2v) is 8.36. The molecular weight excluding hydrogens is 366 g/mol. The first kappa shape index (κ1) is 19.5. The Bertz CT molecular complexity index is 930. The second-order valence-electron chi connectivity index (χ2n) is 6.63. The highest BCUT2D eigenvalue weighted by Crippen LogP contribution is 2.24. The van der Waals surface area contributed by atoms with Crippen molar-refractivity contribution in [2.24, 2.45) is 0 Å². The van der Waals surface area contributed by atoms with E-state index in [4.69, 9.17) is 0 Å². The van der Waals surface area contributed by atoms with Gasteiger partial charge in [-0.25, -0.2) is 13.1 Å². The summed E-state index contributed by atoms with van der Waals surface area (Å²) >= 11 is 0. The van der Waals surface area contributed by atoms with E-state index < -0.39 is 20.6 Å². The molecule has 0 saturated carbocycles. The predicted molar refractivity (Wildman–Crippen MR) is 103 cm³/mol. The molecule has 1 N–H and O–H groups in total. The maximum Gasteiger partial charge on any atom is 0.289 e. The van der Waals surface area contributed by atoms with Gasteiger partial charge in [0.15, 0.2) is 4.90 Å². The standard InChI is InChI=1S/C19H23N3O4S/c1-2-17(21-12-11-15-7-3-4-8-16(15)14-21)13-20-27(25,26)19-10-6-5-9-18(19)22(23)24/h3-10,17,20H,2,11-14H2,1H3/t17-/m1/s1. The fourth-order valence-electron chi connectivity index (χ4n) is 3.48. The largest absolute Gasteiger partial charge is 0.295 e. The third kappa shape index (κ3) is 4.35. The molecule has 0 unspecified atom stereocenters. The van der Waals surface area contributed by atoms with Gasteiger partial charge in [0.2, 0.25) is 10.0 Å². The number of nitrogens with zero attached hydrogens (tertiary/aromatic N) is 2. The third-order valence-corrected chi connectivity index (χ3v) is 6.48. The van der Waals surface area contributed by atoms with Crippen molar-refractivity contribution in [1.82, 2.24) is 9.62 Å². The van der Waals surface area contributed by atoms with E-state index in [1.807, 2.05) is 19.1 Å². The zero-order chi connectivity index (χ0) is 19.4. The topological polar surface area (TPSA) is 92.5 Å². The van der Waals surface area contributed by atoms with Gasteiger partial charge in [0, 0.05) is 31.7 Å². The third-order valence-electron chi connectivity index (χ3n) is 5.01. The Balaban J connectivity index is 1.72. The van der Waals surface area contributed by atoms with E-state index in [0.717, 1.165) is 25.9 Å². The highest BCUT2D eigenvalue weighted by Gasteiger charge is 2.28. The normalized spacial score (nSPS) is 15.9. The quantitative estimate of drug-likeness (QED) is 0.581. The minimum atomic E-state index is -3.96. The van der Waals surface area contributed by atoms with E-state index in [0.29, 0.717) is 0 Å². The molecule has 2 aromatic carbocycles. The summed E-state index contributed by atoms with van der Waals surface area (Å²) in [6.07, 6.45) is 1.71. The lowest BCUT2D eigenvalue weighted by Crippen LogP contribution is -2.45. The minimum Gasteiger partial charge on any atom is -0.295 e. The molecule has 0 aromatic heterocycles. The van der Waals surface area contributed by atoms with E-state index in [9.17, 15) is 18.5 Å². The summed E-state index contributed by atoms with van der Waals surface area (Å²) in [5.41, 5.74) is 2.19. The van der Waals surface area contributed by atoms with Crippen LogP contribution in [0.15, 0.2) is 53.4 Å². The van der Waals surface area contributed by atoms with Crippen molar-refractivity contribution in [3.63, 3.8) is 0 Å². The van der Waals surface area contributed by atoms with Crippen LogP contribution in [0.4, 0.5) is 5.69 Å². The summed E-state index contributed by atoms with van der Waals surface area (Å²) in [5.74, 6) is 0. The fraction of sp³-hybridized carbons (Fsp3) is 0.368. The number of fused-ring (bicyclic) bond motifs is 1. The number of nitro groups is 1. The van der Waals surface area contributed by atoms with Crippen LogP contribution in [0.25, 0.3) is 0 Å². The van der Waals surface area contributed by atoms with E-state index in [-0.39, 0.29) is 17.5 Å². The molecule has 27 heavy (non-hydrogen) atoms. The smallest absolute Gasteiger partial charge is 0.289 e. The molecule has 1 heterocycles. The molecule has 8 heteroatoms. The highest BCUT2D eigenvalue weighted by molar-refractivity contribution is 7.89. The van der Waals surface area contributed by atoms with Gasteiger partial charge in [0.05, 0.1) is 4.92 Å². The monoisotopic (exact) mass is 389 g/mol. The summed E-state index contributed by atoms with van der Waals surface area (Å²) < 4.78 is 27.8. The van der Waals surface area contributed by atoms with E-state index in [1.54, 1.807) is 0 Å². The van der Waals surface area contributed by atoms with E-state index >= 15 is 0 Å². The minimum absolute atomic E-state index is 0.0240. The Morgan fingerprint density at radius 2 is 1.81 bits per heavy atom. The summed E-state index contributed by atoms with van der Waals surface area (Å²) in [4.78, 5) is 12.4. The van der Waals surface area contributed by atoms with Crippen molar-refractivity contribution in [2.45, 2.75) is 37.2 Å². The SMILES string of the molecule is CC[C@H](CNS(=O)(=O)c1ccccc1[N+](=O)[O-])N1CCc2ccccc2C1. The lowest BCUT2D eigenvalue weighted by atomic mass is 9.98. The Kier molecular flexibility index (Phi) is 5.88. The molecule has 0 fully saturated rings. The Morgan fingerprint density at radius 3 is 2.52 bits per heavy atom. The summed E-state index contributed by atoms with van der Waals surface area (Å²) in [6.45, 7) is 3.88. The molecule has 2 aromatic rings. The Morgan fingerprint density at radius 1 is 1.15 bits per heavy atom. The maximum absolute atomic E-state index is 12.6. The van der Waals surface area contributed by atoms with Crippen molar-refractivity contribution >= 4 is 15.7 Å². The van der Waals surface area contributed by atoms with Crippen LogP contribution >= 0.6 is 0 Å². The van der Waals surface area contributed by atoms with Crippen molar-refractivity contribution in [3.8, 4) is 0 Å². The molecule has 1 aliphatic rings. The van der Waals surface area contributed by atoms with Crippen LogP contribution in [0.1, 0.15) is 24.5 Å². The van der Waals surface area contributed by atoms with Crippen molar-refractivity contribution in [1.29, 1.82) is 0 Å². The first-order valence-corrected chi connectivity index (χ1v) is 10.4. The molecule has 3 rings (SSSR count). The average Bonchev–Trinajstić information content (AvgIpc) is 2.68. The van der Waals surface area contributed by atoms with E-state index in [1.165, 1.54) is 35.4 Å². The molecule has 0 radical (unpaired) electrons. The zero-order valence-corrected chi connectivity index (χ0v) is 16.0. The van der Waals surface area contributed by atoms with Gasteiger partial charge in [-0.05, 0) is 30.0 Å². The maximum atomic E-state index is 12.6. The summed E-state index contributed by atoms with van der Waals surface area (Å²) in [5, 5.41) is 11.1. The van der Waals surface area contributed by atoms with Gasteiger partial charge in [-0.3, -0.25) is 15.0 Å². The molecule has 7 nitrogen and oxygen atoms in total. The van der Waals surface area contributed by atoms with Crippen molar-refractivity contribution < 1.29 is 13.3 Å². The highest BCUT2D eigenvalue weighted by atomic mass is 32.2. The van der Waals surface area contributed by atoms with Gasteiger partial charge in [-0.2, -0.15) is 0 Å². The molecule has 0 bridgehead atoms. The van der Waals surface area contributed by atoms with Crippen LogP contribution in [-0.4, -0.2) is 37.4 Å². The first-order chi connectivity index (χ1) is 12.9. The van der Waals surface area contributed by atoms with Crippen LogP contribution in [0, 0.1) is 10.1 Å². The predicted octanol–water partition coefficient (Wildman–Crippen LogP) is 2.71. The number of nitro benzene ring substituents is 1. The van der Waals surface area contributed by atoms with Gasteiger partial charge in [-0.15, -0.1) is 0 Å². The average molecular weight is 389 g/mol. The fourth-order valence-corrected chi connectivity index (χ4v) is 4.72. The number of hydrogen-bond acceptors (Lipinski definition) is 5. The second kappa shape index (κ2) is 8.16. The molecule has 0 saturated heterocycles. The van der Waals surface area contributed by atoms with Crippen LogP contribution in [0.3, 0.4) is 0 Å². The zero-order valence-electron chi connectivity index (χ0n) is 15.2. The lowest BCUT2D eigenvalue weighted by Gasteiger charge is -2.35. The number of nitrogens with one attached hydrogen (secondary N) is 1. The Labute approximate surface area is 159 Å². The number of para-hydroxylation sites is 1. The molecule has 0 aliphatic carbocycles.